The van der Waals surface area contributed by atoms with E-state index in [1.165, 1.54) is 11.1 Å². The molecule has 6 heteroatoms. The van der Waals surface area contributed by atoms with Gasteiger partial charge in [0, 0.05) is 30.6 Å². The van der Waals surface area contributed by atoms with Gasteiger partial charge in [0.05, 0.1) is 18.2 Å². The van der Waals surface area contributed by atoms with Gasteiger partial charge in [0.2, 0.25) is 0 Å². The van der Waals surface area contributed by atoms with Crippen LogP contribution in [0.2, 0.25) is 0 Å². The summed E-state index contributed by atoms with van der Waals surface area (Å²) < 4.78 is 5.18. The van der Waals surface area contributed by atoms with Crippen LogP contribution in [0.15, 0.2) is 79.3 Å². The summed E-state index contributed by atoms with van der Waals surface area (Å²) in [5.41, 5.74) is 1.51. The lowest BCUT2D eigenvalue weighted by Crippen LogP contribution is -2.49. The summed E-state index contributed by atoms with van der Waals surface area (Å²) in [5, 5.41) is 10.5. The van der Waals surface area contributed by atoms with Crippen molar-refractivity contribution in [1.29, 1.82) is 5.26 Å². The number of fused-ring (bicyclic) bond motifs is 1. The Bertz CT molecular complexity index is 1230. The van der Waals surface area contributed by atoms with Crippen molar-refractivity contribution in [3.8, 4) is 6.07 Å². The zero-order valence-corrected chi connectivity index (χ0v) is 17.6. The zero-order valence-electron chi connectivity index (χ0n) is 17.6. The van der Waals surface area contributed by atoms with Crippen molar-refractivity contribution in [2.75, 3.05) is 6.61 Å². The molecule has 0 spiro atoms. The molecule has 158 valence electrons. The third kappa shape index (κ3) is 3.65. The first kappa shape index (κ1) is 21.0. The topological polar surface area (TPSA) is 83.3 Å². The van der Waals surface area contributed by atoms with Gasteiger partial charge >= 0.3 is 5.97 Å². The average Bonchev–Trinajstić information content (AvgIpc) is 2.84. The molecule has 1 aromatic heterocycles. The van der Waals surface area contributed by atoms with Gasteiger partial charge in [-0.1, -0.05) is 42.5 Å². The smallest absolute Gasteiger partial charge is 0.339 e. The van der Waals surface area contributed by atoms with E-state index in [9.17, 15) is 14.9 Å². The van der Waals surface area contributed by atoms with Crippen molar-refractivity contribution in [2.45, 2.75) is 18.9 Å². The summed E-state index contributed by atoms with van der Waals surface area (Å²) in [6, 6.07) is 20.4. The Balaban J connectivity index is 1.87. The molecular weight excluding hydrogens is 402 g/mol. The number of carbonyl (C=O) groups excluding carboxylic acids is 2. The molecule has 32 heavy (non-hydrogen) atoms. The maximum Gasteiger partial charge on any atom is 0.339 e. The van der Waals surface area contributed by atoms with Crippen LogP contribution in [0.5, 0.6) is 0 Å². The minimum atomic E-state index is -1.36. The van der Waals surface area contributed by atoms with Crippen LogP contribution >= 0.6 is 0 Å². The number of nitriles is 1. The minimum Gasteiger partial charge on any atom is -0.462 e. The van der Waals surface area contributed by atoms with Crippen molar-refractivity contribution >= 4 is 18.0 Å². The van der Waals surface area contributed by atoms with Crippen LogP contribution < -0.4 is 0 Å². The molecule has 6 nitrogen and oxygen atoms in total. The lowest BCUT2D eigenvalue weighted by atomic mass is 9.78. The lowest BCUT2D eigenvalue weighted by Gasteiger charge is -2.40. The molecule has 1 aliphatic heterocycles. The molecule has 0 aliphatic carbocycles. The van der Waals surface area contributed by atoms with Crippen molar-refractivity contribution in [3.05, 3.63) is 107 Å². The number of esters is 1. The second-order valence-electron chi connectivity index (χ2n) is 7.35. The third-order valence-electron chi connectivity index (χ3n) is 5.50. The molecule has 2 aromatic carbocycles. The molecule has 0 radical (unpaired) electrons. The van der Waals surface area contributed by atoms with E-state index in [-0.39, 0.29) is 24.5 Å². The largest absolute Gasteiger partial charge is 0.462 e. The maximum absolute atomic E-state index is 13.5. The molecule has 2 heterocycles. The van der Waals surface area contributed by atoms with E-state index in [1.807, 2.05) is 36.4 Å². The van der Waals surface area contributed by atoms with Crippen molar-refractivity contribution in [1.82, 2.24) is 9.88 Å². The summed E-state index contributed by atoms with van der Waals surface area (Å²) in [5.74, 6) is -0.811. The van der Waals surface area contributed by atoms with Gasteiger partial charge in [-0.05, 0) is 47.9 Å². The van der Waals surface area contributed by atoms with Crippen LogP contribution in [-0.4, -0.2) is 28.4 Å². The first-order valence-electron chi connectivity index (χ1n) is 10.3. The number of amides is 1. The molecule has 0 saturated heterocycles. The number of rotatable bonds is 5. The van der Waals surface area contributed by atoms with Gasteiger partial charge in [-0.2, -0.15) is 5.26 Å². The predicted octanol–water partition coefficient (Wildman–Crippen LogP) is 4.35. The fraction of sp³-hybridized carbons (Fsp3) is 0.154. The Morgan fingerprint density at radius 3 is 2.59 bits per heavy atom. The van der Waals surface area contributed by atoms with Crippen LogP contribution in [-0.2, 0) is 16.7 Å². The highest BCUT2D eigenvalue weighted by Gasteiger charge is 2.45. The molecule has 3 aromatic rings. The number of aromatic nitrogens is 1. The summed E-state index contributed by atoms with van der Waals surface area (Å²) in [7, 11) is 0. The van der Waals surface area contributed by atoms with Crippen LogP contribution in [0.3, 0.4) is 0 Å². The summed E-state index contributed by atoms with van der Waals surface area (Å²) >= 11 is 0. The van der Waals surface area contributed by atoms with Gasteiger partial charge in [-0.15, -0.1) is 0 Å². The van der Waals surface area contributed by atoms with Gasteiger partial charge in [-0.25, -0.2) is 4.79 Å². The Morgan fingerprint density at radius 1 is 1.09 bits per heavy atom. The van der Waals surface area contributed by atoms with E-state index in [0.717, 1.165) is 5.56 Å². The van der Waals surface area contributed by atoms with Crippen molar-refractivity contribution in [2.24, 2.45) is 0 Å². The highest BCUT2D eigenvalue weighted by molar-refractivity contribution is 5.97. The molecule has 4 rings (SSSR count). The standard InChI is InChI=1S/C26H21N3O3/c1-2-32-25(31)22-17-28-14-12-21(22)16-26(18-27)23-11-7-6-8-19(23)13-15-29(26)24(30)20-9-4-3-5-10-20/h3-15,17H,2,16H2,1H3. The van der Waals surface area contributed by atoms with E-state index in [2.05, 4.69) is 11.1 Å². The van der Waals surface area contributed by atoms with Gasteiger partial charge in [0.15, 0.2) is 5.54 Å². The third-order valence-corrected chi connectivity index (χ3v) is 5.50. The van der Waals surface area contributed by atoms with Gasteiger partial charge < -0.3 is 4.74 Å². The zero-order chi connectivity index (χ0) is 22.6. The SMILES string of the molecule is CCOC(=O)c1cnccc1CC1(C#N)c2ccccc2C=CN1C(=O)c1ccccc1. The van der Waals surface area contributed by atoms with Gasteiger partial charge in [-0.3, -0.25) is 14.7 Å². The minimum absolute atomic E-state index is 0.0973. The van der Waals surface area contributed by atoms with Gasteiger partial charge in [0.1, 0.15) is 0 Å². The molecule has 1 unspecified atom stereocenters. The number of hydrogen-bond donors (Lipinski definition) is 0. The van der Waals surface area contributed by atoms with Crippen LogP contribution in [0.25, 0.3) is 6.08 Å². The van der Waals surface area contributed by atoms with Gasteiger partial charge in [0.25, 0.3) is 5.91 Å². The summed E-state index contributed by atoms with van der Waals surface area (Å²) in [6.07, 6.45) is 6.57. The first-order chi connectivity index (χ1) is 15.6. The fourth-order valence-corrected chi connectivity index (χ4v) is 3.97. The highest BCUT2D eigenvalue weighted by Crippen LogP contribution is 2.40. The van der Waals surface area contributed by atoms with E-state index in [1.54, 1.807) is 49.7 Å². The molecule has 1 amide bonds. The van der Waals surface area contributed by atoms with Crippen molar-refractivity contribution in [3.63, 3.8) is 0 Å². The number of pyridine rings is 1. The molecule has 0 N–H and O–H groups in total. The Labute approximate surface area is 186 Å². The number of benzene rings is 2. The molecular formula is C26H21N3O3. The van der Waals surface area contributed by atoms with E-state index >= 15 is 0 Å². The monoisotopic (exact) mass is 423 g/mol. The molecule has 0 saturated carbocycles. The second-order valence-corrected chi connectivity index (χ2v) is 7.35. The Kier molecular flexibility index (Phi) is 5.82. The Hall–Kier alpha value is -4.24. The predicted molar refractivity (Wildman–Crippen MR) is 119 cm³/mol. The second kappa shape index (κ2) is 8.86. The maximum atomic E-state index is 13.5. The number of carbonyl (C=O) groups is 2. The Morgan fingerprint density at radius 2 is 1.84 bits per heavy atom. The van der Waals surface area contributed by atoms with Crippen LogP contribution in [0.4, 0.5) is 0 Å². The molecule has 1 aliphatic rings. The number of ether oxygens (including phenoxy) is 1. The highest BCUT2D eigenvalue weighted by atomic mass is 16.5. The first-order valence-corrected chi connectivity index (χ1v) is 10.3. The lowest BCUT2D eigenvalue weighted by molar-refractivity contribution is 0.0524. The number of nitrogens with zero attached hydrogens (tertiary/aromatic N) is 3. The quantitative estimate of drug-likeness (QED) is 0.570. The number of hydrogen-bond acceptors (Lipinski definition) is 5. The van der Waals surface area contributed by atoms with Crippen LogP contribution in [0, 0.1) is 11.3 Å². The van der Waals surface area contributed by atoms with Crippen LogP contribution in [0.1, 0.15) is 44.3 Å². The molecule has 0 bridgehead atoms. The molecule has 0 fully saturated rings. The van der Waals surface area contributed by atoms with E-state index < -0.39 is 11.5 Å². The van der Waals surface area contributed by atoms with Crippen molar-refractivity contribution < 1.29 is 14.3 Å². The van der Waals surface area contributed by atoms with E-state index in [4.69, 9.17) is 4.74 Å². The fourth-order valence-electron chi connectivity index (χ4n) is 3.97. The summed E-state index contributed by atoms with van der Waals surface area (Å²) in [4.78, 5) is 31.6. The van der Waals surface area contributed by atoms with E-state index in [0.29, 0.717) is 16.7 Å². The average molecular weight is 423 g/mol. The summed E-state index contributed by atoms with van der Waals surface area (Å²) in [6.45, 7) is 1.95. The molecule has 1 atom stereocenters. The normalized spacial score (nSPS) is 16.7.